The number of hydrogen-bond donors (Lipinski definition) is 1. The maximum absolute atomic E-state index is 12.9. The van der Waals surface area contributed by atoms with Gasteiger partial charge in [-0.3, -0.25) is 4.79 Å². The monoisotopic (exact) mass is 270 g/mol. The summed E-state index contributed by atoms with van der Waals surface area (Å²) < 4.78 is 0. The molecular formula is C17H22N2O. The summed E-state index contributed by atoms with van der Waals surface area (Å²) in [6.45, 7) is 3.10. The van der Waals surface area contributed by atoms with Crippen LogP contribution in [0.4, 0.5) is 0 Å². The molecule has 0 saturated carbocycles. The summed E-state index contributed by atoms with van der Waals surface area (Å²) in [5.41, 5.74) is 1.86. The van der Waals surface area contributed by atoms with Gasteiger partial charge < -0.3 is 9.88 Å². The van der Waals surface area contributed by atoms with Gasteiger partial charge in [-0.05, 0) is 31.7 Å². The van der Waals surface area contributed by atoms with Crippen LogP contribution in [0.5, 0.6) is 0 Å². The van der Waals surface area contributed by atoms with Gasteiger partial charge in [-0.1, -0.05) is 31.5 Å². The number of H-pyrrole nitrogens is 1. The number of amides is 1. The molecule has 1 amide bonds. The number of rotatable bonds is 3. The summed E-state index contributed by atoms with van der Waals surface area (Å²) in [4.78, 5) is 18.2. The van der Waals surface area contributed by atoms with Gasteiger partial charge in [0.2, 0.25) is 0 Å². The number of aromatic nitrogens is 1. The van der Waals surface area contributed by atoms with Crippen LogP contribution < -0.4 is 0 Å². The SMILES string of the molecule is CCCC1CCCCN1C(=O)c1c[nH]c2ccccc12. The van der Waals surface area contributed by atoms with Crippen molar-refractivity contribution in [1.82, 2.24) is 9.88 Å². The van der Waals surface area contributed by atoms with Crippen LogP contribution in [-0.2, 0) is 0 Å². The molecule has 1 unspecified atom stereocenters. The Morgan fingerprint density at radius 1 is 1.35 bits per heavy atom. The first-order chi connectivity index (χ1) is 9.81. The van der Waals surface area contributed by atoms with Gasteiger partial charge in [0.15, 0.2) is 0 Å². The van der Waals surface area contributed by atoms with Crippen LogP contribution in [-0.4, -0.2) is 28.4 Å². The van der Waals surface area contributed by atoms with Crippen LogP contribution in [0, 0.1) is 0 Å². The van der Waals surface area contributed by atoms with Crippen LogP contribution >= 0.6 is 0 Å². The highest BCUT2D eigenvalue weighted by molar-refractivity contribution is 6.06. The van der Waals surface area contributed by atoms with Crippen molar-refractivity contribution < 1.29 is 4.79 Å². The third-order valence-electron chi connectivity index (χ3n) is 4.33. The summed E-state index contributed by atoms with van der Waals surface area (Å²) in [5.74, 6) is 0.195. The number of benzene rings is 1. The predicted octanol–water partition coefficient (Wildman–Crippen LogP) is 3.96. The zero-order chi connectivity index (χ0) is 13.9. The third-order valence-corrected chi connectivity index (χ3v) is 4.33. The van der Waals surface area contributed by atoms with Crippen molar-refractivity contribution in [3.63, 3.8) is 0 Å². The number of carbonyl (C=O) groups excluding carboxylic acids is 1. The minimum absolute atomic E-state index is 0.195. The van der Waals surface area contributed by atoms with Crippen LogP contribution in [0.2, 0.25) is 0 Å². The Morgan fingerprint density at radius 3 is 3.05 bits per heavy atom. The fourth-order valence-corrected chi connectivity index (χ4v) is 3.30. The lowest BCUT2D eigenvalue weighted by molar-refractivity contribution is 0.0603. The highest BCUT2D eigenvalue weighted by atomic mass is 16.2. The van der Waals surface area contributed by atoms with E-state index in [1.54, 1.807) is 0 Å². The summed E-state index contributed by atoms with van der Waals surface area (Å²) >= 11 is 0. The predicted molar refractivity (Wildman–Crippen MR) is 81.9 cm³/mol. The molecule has 2 heterocycles. The first kappa shape index (κ1) is 13.2. The number of carbonyl (C=O) groups is 1. The van der Waals surface area contributed by atoms with Crippen molar-refractivity contribution in [3.8, 4) is 0 Å². The number of aromatic amines is 1. The Labute approximate surface area is 120 Å². The second kappa shape index (κ2) is 5.70. The molecule has 0 aliphatic carbocycles. The second-order valence-corrected chi connectivity index (χ2v) is 5.68. The molecule has 3 heteroatoms. The molecule has 1 aromatic carbocycles. The molecular weight excluding hydrogens is 248 g/mol. The number of para-hydroxylation sites is 1. The molecule has 3 nitrogen and oxygen atoms in total. The minimum atomic E-state index is 0.195. The lowest BCUT2D eigenvalue weighted by Crippen LogP contribution is -2.43. The van der Waals surface area contributed by atoms with E-state index in [-0.39, 0.29) is 5.91 Å². The first-order valence-electron chi connectivity index (χ1n) is 7.68. The highest BCUT2D eigenvalue weighted by Crippen LogP contribution is 2.26. The van der Waals surface area contributed by atoms with E-state index in [1.807, 2.05) is 30.5 Å². The van der Waals surface area contributed by atoms with Gasteiger partial charge in [0.25, 0.3) is 5.91 Å². The van der Waals surface area contributed by atoms with Gasteiger partial charge in [-0.15, -0.1) is 0 Å². The molecule has 1 N–H and O–H groups in total. The lowest BCUT2D eigenvalue weighted by atomic mass is 9.97. The Balaban J connectivity index is 1.90. The molecule has 1 saturated heterocycles. The van der Waals surface area contributed by atoms with Crippen LogP contribution in [0.25, 0.3) is 10.9 Å². The van der Waals surface area contributed by atoms with Gasteiger partial charge in [0, 0.05) is 29.7 Å². The molecule has 106 valence electrons. The van der Waals surface area contributed by atoms with Gasteiger partial charge in [0.05, 0.1) is 5.56 Å². The average Bonchev–Trinajstić information content (AvgIpc) is 2.91. The van der Waals surface area contributed by atoms with Gasteiger partial charge in [0.1, 0.15) is 0 Å². The van der Waals surface area contributed by atoms with E-state index in [4.69, 9.17) is 0 Å². The van der Waals surface area contributed by atoms with E-state index >= 15 is 0 Å². The molecule has 0 bridgehead atoms. The van der Waals surface area contributed by atoms with Gasteiger partial charge >= 0.3 is 0 Å². The number of nitrogens with zero attached hydrogens (tertiary/aromatic N) is 1. The number of hydrogen-bond acceptors (Lipinski definition) is 1. The van der Waals surface area contributed by atoms with E-state index in [9.17, 15) is 4.79 Å². The van der Waals surface area contributed by atoms with E-state index in [0.29, 0.717) is 6.04 Å². The Morgan fingerprint density at radius 2 is 2.20 bits per heavy atom. The van der Waals surface area contributed by atoms with E-state index in [0.717, 1.165) is 48.7 Å². The number of nitrogens with one attached hydrogen (secondary N) is 1. The normalized spacial score (nSPS) is 19.4. The Hall–Kier alpha value is -1.77. The molecule has 1 aliphatic rings. The van der Waals surface area contributed by atoms with Gasteiger partial charge in [-0.25, -0.2) is 0 Å². The van der Waals surface area contributed by atoms with E-state index in [1.165, 1.54) is 6.42 Å². The second-order valence-electron chi connectivity index (χ2n) is 5.68. The van der Waals surface area contributed by atoms with Crippen molar-refractivity contribution in [2.24, 2.45) is 0 Å². The number of likely N-dealkylation sites (tertiary alicyclic amines) is 1. The fourth-order valence-electron chi connectivity index (χ4n) is 3.30. The third kappa shape index (κ3) is 2.33. The molecule has 0 radical (unpaired) electrons. The summed E-state index contributed by atoms with van der Waals surface area (Å²) in [6, 6.07) is 8.46. The number of piperidine rings is 1. The molecule has 1 aromatic heterocycles. The van der Waals surface area contributed by atoms with Crippen molar-refractivity contribution in [2.75, 3.05) is 6.54 Å². The molecule has 3 rings (SSSR count). The fraction of sp³-hybridized carbons (Fsp3) is 0.471. The zero-order valence-electron chi connectivity index (χ0n) is 12.1. The van der Waals surface area contributed by atoms with E-state index < -0.39 is 0 Å². The standard InChI is InChI=1S/C17H22N2O/c1-2-7-13-8-5-6-11-19(13)17(20)15-12-18-16-10-4-3-9-14(15)16/h3-4,9-10,12-13,18H,2,5-8,11H2,1H3. The van der Waals surface area contributed by atoms with E-state index in [2.05, 4.69) is 16.8 Å². The maximum atomic E-state index is 12.9. The smallest absolute Gasteiger partial charge is 0.256 e. The molecule has 20 heavy (non-hydrogen) atoms. The van der Waals surface area contributed by atoms with Crippen molar-refractivity contribution in [1.29, 1.82) is 0 Å². The number of fused-ring (bicyclic) bond motifs is 1. The molecule has 0 spiro atoms. The zero-order valence-corrected chi connectivity index (χ0v) is 12.1. The summed E-state index contributed by atoms with van der Waals surface area (Å²) in [7, 11) is 0. The van der Waals surface area contributed by atoms with Crippen LogP contribution in [0.3, 0.4) is 0 Å². The molecule has 1 aliphatic heterocycles. The lowest BCUT2D eigenvalue weighted by Gasteiger charge is -2.35. The molecule has 1 fully saturated rings. The largest absolute Gasteiger partial charge is 0.360 e. The quantitative estimate of drug-likeness (QED) is 0.900. The molecule has 2 aromatic rings. The highest BCUT2D eigenvalue weighted by Gasteiger charge is 2.27. The average molecular weight is 270 g/mol. The maximum Gasteiger partial charge on any atom is 0.256 e. The first-order valence-corrected chi connectivity index (χ1v) is 7.68. The molecule has 1 atom stereocenters. The summed E-state index contributed by atoms with van der Waals surface area (Å²) in [5, 5.41) is 1.04. The van der Waals surface area contributed by atoms with Crippen molar-refractivity contribution in [2.45, 2.75) is 45.1 Å². The van der Waals surface area contributed by atoms with Gasteiger partial charge in [-0.2, -0.15) is 0 Å². The van der Waals surface area contributed by atoms with Crippen molar-refractivity contribution in [3.05, 3.63) is 36.0 Å². The Bertz CT molecular complexity index is 600. The summed E-state index contributed by atoms with van der Waals surface area (Å²) in [6.07, 6.45) is 7.67. The Kier molecular flexibility index (Phi) is 3.77. The van der Waals surface area contributed by atoms with Crippen molar-refractivity contribution >= 4 is 16.8 Å². The minimum Gasteiger partial charge on any atom is -0.360 e. The topological polar surface area (TPSA) is 36.1 Å². The van der Waals surface area contributed by atoms with Crippen LogP contribution in [0.1, 0.15) is 49.4 Å². The van der Waals surface area contributed by atoms with Crippen LogP contribution in [0.15, 0.2) is 30.5 Å².